The van der Waals surface area contributed by atoms with E-state index in [0.29, 0.717) is 5.82 Å². The van der Waals surface area contributed by atoms with E-state index in [0.717, 1.165) is 18.5 Å². The largest absolute Gasteiger partial charge is 0.380 e. The van der Waals surface area contributed by atoms with Crippen molar-refractivity contribution in [3.8, 4) is 0 Å². The van der Waals surface area contributed by atoms with Crippen molar-refractivity contribution in [2.75, 3.05) is 0 Å². The Kier molecular flexibility index (Phi) is 3.59. The smallest absolute Gasteiger partial charge is 0.142 e. The van der Waals surface area contributed by atoms with E-state index in [2.05, 4.69) is 18.0 Å². The summed E-state index contributed by atoms with van der Waals surface area (Å²) in [5.41, 5.74) is 2.13. The summed E-state index contributed by atoms with van der Waals surface area (Å²) in [4.78, 5) is 4.25. The molecular formula is C14H18N2O. The molecule has 0 aliphatic rings. The van der Waals surface area contributed by atoms with Crippen molar-refractivity contribution >= 4 is 0 Å². The Balaban J connectivity index is 2.40. The molecule has 0 spiro atoms. The first-order valence-electron chi connectivity index (χ1n) is 6.04. The number of nitrogens with zero attached hydrogens (tertiary/aromatic N) is 2. The van der Waals surface area contributed by atoms with Crippen LogP contribution in [0.5, 0.6) is 0 Å². The van der Waals surface area contributed by atoms with Gasteiger partial charge < -0.3 is 9.67 Å². The molecule has 1 aromatic heterocycles. The Morgan fingerprint density at radius 2 is 2.06 bits per heavy atom. The number of hydrogen-bond acceptors (Lipinski definition) is 2. The van der Waals surface area contributed by atoms with Crippen LogP contribution in [0.1, 0.15) is 36.9 Å². The zero-order chi connectivity index (χ0) is 12.3. The van der Waals surface area contributed by atoms with Gasteiger partial charge in [0.05, 0.1) is 0 Å². The lowest BCUT2D eigenvalue weighted by Crippen LogP contribution is -2.10. The fourth-order valence-corrected chi connectivity index (χ4v) is 2.10. The van der Waals surface area contributed by atoms with Crippen LogP contribution in [0.25, 0.3) is 0 Å². The summed E-state index contributed by atoms with van der Waals surface area (Å²) in [7, 11) is 0. The van der Waals surface area contributed by atoms with Gasteiger partial charge in [0, 0.05) is 18.9 Å². The van der Waals surface area contributed by atoms with Gasteiger partial charge in [-0.25, -0.2) is 4.98 Å². The molecule has 2 aromatic rings. The molecule has 3 heteroatoms. The fourth-order valence-electron chi connectivity index (χ4n) is 2.10. The van der Waals surface area contributed by atoms with Gasteiger partial charge >= 0.3 is 0 Å². The van der Waals surface area contributed by atoms with Gasteiger partial charge in [-0.05, 0) is 24.5 Å². The van der Waals surface area contributed by atoms with Gasteiger partial charge in [0.25, 0.3) is 0 Å². The summed E-state index contributed by atoms with van der Waals surface area (Å²) in [6, 6.07) is 7.98. The van der Waals surface area contributed by atoms with Crippen LogP contribution >= 0.6 is 0 Å². The maximum atomic E-state index is 10.4. The summed E-state index contributed by atoms with van der Waals surface area (Å²) in [5, 5.41) is 10.4. The van der Waals surface area contributed by atoms with E-state index < -0.39 is 6.10 Å². The van der Waals surface area contributed by atoms with Gasteiger partial charge in [0.1, 0.15) is 11.9 Å². The fraction of sp³-hybridized carbons (Fsp3) is 0.357. The highest BCUT2D eigenvalue weighted by atomic mass is 16.3. The molecule has 0 aliphatic carbocycles. The van der Waals surface area contributed by atoms with Crippen molar-refractivity contribution in [3.63, 3.8) is 0 Å². The predicted octanol–water partition coefficient (Wildman–Crippen LogP) is 2.55. The quantitative estimate of drug-likeness (QED) is 0.876. The second-order valence-corrected chi connectivity index (χ2v) is 4.03. The van der Waals surface area contributed by atoms with Gasteiger partial charge in [-0.3, -0.25) is 0 Å². The maximum absolute atomic E-state index is 10.4. The highest BCUT2D eigenvalue weighted by Crippen LogP contribution is 2.24. The average Bonchev–Trinajstić information content (AvgIpc) is 2.86. The van der Waals surface area contributed by atoms with E-state index in [1.807, 2.05) is 35.9 Å². The normalized spacial score (nSPS) is 12.6. The second-order valence-electron chi connectivity index (χ2n) is 4.03. The Morgan fingerprint density at radius 1 is 1.29 bits per heavy atom. The summed E-state index contributed by atoms with van der Waals surface area (Å²) < 4.78 is 1.97. The van der Waals surface area contributed by atoms with Gasteiger partial charge in [0.15, 0.2) is 0 Å². The lowest BCUT2D eigenvalue weighted by atomic mass is 10.00. The van der Waals surface area contributed by atoms with Crippen molar-refractivity contribution in [2.24, 2.45) is 0 Å². The summed E-state index contributed by atoms with van der Waals surface area (Å²) in [5.74, 6) is 0.716. The molecule has 0 radical (unpaired) electrons. The predicted molar refractivity (Wildman–Crippen MR) is 67.8 cm³/mol. The average molecular weight is 230 g/mol. The third kappa shape index (κ3) is 2.24. The van der Waals surface area contributed by atoms with E-state index in [9.17, 15) is 5.11 Å². The molecule has 0 bridgehead atoms. The Labute approximate surface area is 102 Å². The zero-order valence-electron chi connectivity index (χ0n) is 10.3. The van der Waals surface area contributed by atoms with Crippen LogP contribution in [0.3, 0.4) is 0 Å². The van der Waals surface area contributed by atoms with Crippen LogP contribution in [0.4, 0.5) is 0 Å². The molecule has 1 atom stereocenters. The minimum absolute atomic E-state index is 0.638. The monoisotopic (exact) mass is 230 g/mol. The van der Waals surface area contributed by atoms with Gasteiger partial charge in [0.2, 0.25) is 0 Å². The number of aliphatic hydroxyl groups is 1. The molecular weight excluding hydrogens is 212 g/mol. The molecule has 0 aliphatic heterocycles. The van der Waals surface area contributed by atoms with Crippen LogP contribution < -0.4 is 0 Å². The molecule has 1 aromatic carbocycles. The summed E-state index contributed by atoms with van der Waals surface area (Å²) in [6.45, 7) is 4.96. The molecule has 2 rings (SSSR count). The van der Waals surface area contributed by atoms with Crippen LogP contribution in [0.15, 0.2) is 36.7 Å². The van der Waals surface area contributed by atoms with Crippen molar-refractivity contribution in [1.82, 2.24) is 9.55 Å². The van der Waals surface area contributed by atoms with Gasteiger partial charge in [-0.15, -0.1) is 0 Å². The second kappa shape index (κ2) is 5.15. The standard InChI is InChI=1S/C14H18N2O/c1-3-11-7-5-6-8-12(11)13(17)14-15-9-10-16(14)4-2/h5-10,13,17H,3-4H2,1-2H3. The van der Waals surface area contributed by atoms with Crippen LogP contribution in [0.2, 0.25) is 0 Å². The van der Waals surface area contributed by atoms with Crippen LogP contribution in [-0.4, -0.2) is 14.7 Å². The third-order valence-electron chi connectivity index (χ3n) is 3.06. The molecule has 1 unspecified atom stereocenters. The molecule has 0 amide bonds. The maximum Gasteiger partial charge on any atom is 0.142 e. The van der Waals surface area contributed by atoms with Crippen molar-refractivity contribution in [2.45, 2.75) is 32.9 Å². The minimum Gasteiger partial charge on any atom is -0.380 e. The molecule has 1 heterocycles. The first kappa shape index (κ1) is 11.9. The molecule has 1 N–H and O–H groups in total. The molecule has 0 saturated heterocycles. The Bertz CT molecular complexity index is 490. The number of rotatable bonds is 4. The number of imidazole rings is 1. The van der Waals surface area contributed by atoms with Crippen molar-refractivity contribution in [3.05, 3.63) is 53.6 Å². The van der Waals surface area contributed by atoms with E-state index in [-0.39, 0.29) is 0 Å². The van der Waals surface area contributed by atoms with Crippen molar-refractivity contribution < 1.29 is 5.11 Å². The van der Waals surface area contributed by atoms with E-state index in [1.165, 1.54) is 5.56 Å². The molecule has 90 valence electrons. The van der Waals surface area contributed by atoms with Gasteiger partial charge in [-0.1, -0.05) is 31.2 Å². The SMILES string of the molecule is CCc1ccccc1C(O)c1nccn1CC. The van der Waals surface area contributed by atoms with E-state index >= 15 is 0 Å². The van der Waals surface area contributed by atoms with Gasteiger partial charge in [-0.2, -0.15) is 0 Å². The zero-order valence-corrected chi connectivity index (χ0v) is 10.3. The lowest BCUT2D eigenvalue weighted by Gasteiger charge is -2.15. The highest BCUT2D eigenvalue weighted by molar-refractivity contribution is 5.32. The highest BCUT2D eigenvalue weighted by Gasteiger charge is 2.17. The Hall–Kier alpha value is -1.61. The Morgan fingerprint density at radius 3 is 2.76 bits per heavy atom. The van der Waals surface area contributed by atoms with E-state index in [1.54, 1.807) is 6.20 Å². The first-order valence-corrected chi connectivity index (χ1v) is 6.04. The lowest BCUT2D eigenvalue weighted by molar-refractivity contribution is 0.204. The number of benzene rings is 1. The number of aryl methyl sites for hydroxylation is 2. The molecule has 0 saturated carbocycles. The van der Waals surface area contributed by atoms with Crippen LogP contribution in [0, 0.1) is 0 Å². The molecule has 17 heavy (non-hydrogen) atoms. The third-order valence-corrected chi connectivity index (χ3v) is 3.06. The number of aromatic nitrogens is 2. The molecule has 3 nitrogen and oxygen atoms in total. The first-order chi connectivity index (χ1) is 8.27. The summed E-state index contributed by atoms with van der Waals surface area (Å²) in [6.07, 6.45) is 3.91. The number of hydrogen-bond donors (Lipinski definition) is 1. The number of aliphatic hydroxyl groups excluding tert-OH is 1. The summed E-state index contributed by atoms with van der Waals surface area (Å²) >= 11 is 0. The minimum atomic E-state index is -0.638. The molecule has 0 fully saturated rings. The van der Waals surface area contributed by atoms with Crippen LogP contribution in [-0.2, 0) is 13.0 Å². The van der Waals surface area contributed by atoms with Crippen molar-refractivity contribution in [1.29, 1.82) is 0 Å². The van der Waals surface area contributed by atoms with E-state index in [4.69, 9.17) is 0 Å². The topological polar surface area (TPSA) is 38.1 Å².